The van der Waals surface area contributed by atoms with Crippen molar-refractivity contribution in [3.8, 4) is 5.75 Å². The van der Waals surface area contributed by atoms with Gasteiger partial charge in [-0.3, -0.25) is 4.79 Å². The van der Waals surface area contributed by atoms with Gasteiger partial charge in [0.2, 0.25) is 0 Å². The highest BCUT2D eigenvalue weighted by molar-refractivity contribution is 5.99. The van der Waals surface area contributed by atoms with E-state index in [1.54, 1.807) is 0 Å². The zero-order valence-electron chi connectivity index (χ0n) is 6.64. The Bertz CT molecular complexity index is 374. The Balaban J connectivity index is 2.65. The van der Waals surface area contributed by atoms with E-state index in [9.17, 15) is 13.6 Å². The van der Waals surface area contributed by atoms with Crippen molar-refractivity contribution in [2.24, 2.45) is 0 Å². The van der Waals surface area contributed by atoms with E-state index in [-0.39, 0.29) is 24.3 Å². The molecule has 2 nitrogen and oxygen atoms in total. The summed E-state index contributed by atoms with van der Waals surface area (Å²) in [4.78, 5) is 11.2. The highest BCUT2D eigenvalue weighted by atomic mass is 19.2. The van der Waals surface area contributed by atoms with Crippen LogP contribution < -0.4 is 4.74 Å². The third-order valence-corrected chi connectivity index (χ3v) is 1.92. The average molecular weight is 184 g/mol. The van der Waals surface area contributed by atoms with Gasteiger partial charge in [-0.2, -0.15) is 0 Å². The number of carbonyl (C=O) groups is 1. The van der Waals surface area contributed by atoms with Crippen molar-refractivity contribution in [3.63, 3.8) is 0 Å². The molecule has 0 amide bonds. The first-order valence-electron chi connectivity index (χ1n) is 3.84. The molecule has 13 heavy (non-hydrogen) atoms. The summed E-state index contributed by atoms with van der Waals surface area (Å²) in [6.45, 7) is 0.233. The van der Waals surface area contributed by atoms with Crippen molar-refractivity contribution in [2.45, 2.75) is 6.42 Å². The fourth-order valence-corrected chi connectivity index (χ4v) is 1.29. The molecule has 0 saturated carbocycles. The summed E-state index contributed by atoms with van der Waals surface area (Å²) in [6.07, 6.45) is 0.105. The molecule has 1 aromatic rings. The van der Waals surface area contributed by atoms with Crippen LogP contribution in [-0.2, 0) is 0 Å². The molecule has 68 valence electrons. The van der Waals surface area contributed by atoms with Gasteiger partial charge in [-0.1, -0.05) is 0 Å². The molecule has 0 fully saturated rings. The topological polar surface area (TPSA) is 26.3 Å². The lowest BCUT2D eigenvalue weighted by atomic mass is 10.0. The number of carbonyl (C=O) groups excluding carboxylic acids is 1. The summed E-state index contributed by atoms with van der Waals surface area (Å²) in [6, 6.07) is 2.22. The lowest BCUT2D eigenvalue weighted by molar-refractivity contribution is 0.0926. The lowest BCUT2D eigenvalue weighted by Crippen LogP contribution is -2.17. The van der Waals surface area contributed by atoms with E-state index in [2.05, 4.69) is 0 Å². The highest BCUT2D eigenvalue weighted by Gasteiger charge is 2.24. The minimum Gasteiger partial charge on any atom is -0.492 e. The molecular weight excluding hydrogens is 178 g/mol. The predicted octanol–water partition coefficient (Wildman–Crippen LogP) is 1.93. The zero-order valence-corrected chi connectivity index (χ0v) is 6.64. The van der Waals surface area contributed by atoms with Gasteiger partial charge in [-0.05, 0) is 12.1 Å². The maximum atomic E-state index is 13.1. The second kappa shape index (κ2) is 2.80. The van der Waals surface area contributed by atoms with E-state index >= 15 is 0 Å². The summed E-state index contributed by atoms with van der Waals surface area (Å²) < 4.78 is 30.8. The van der Waals surface area contributed by atoms with Gasteiger partial charge in [0, 0.05) is 6.42 Å². The average Bonchev–Trinajstić information content (AvgIpc) is 2.12. The van der Waals surface area contributed by atoms with Crippen LogP contribution in [0.1, 0.15) is 16.8 Å². The van der Waals surface area contributed by atoms with E-state index in [1.165, 1.54) is 6.07 Å². The standard InChI is InChI=1S/C9H6F2O2/c10-5-1-2-7-8(9(5)11)6(12)3-4-13-7/h1-2H,3-4H2. The number of halogens is 2. The Morgan fingerprint density at radius 1 is 1.31 bits per heavy atom. The van der Waals surface area contributed by atoms with Gasteiger partial charge in [-0.25, -0.2) is 8.78 Å². The number of Topliss-reactive ketones (excluding diaryl/α,β-unsaturated/α-hetero) is 1. The van der Waals surface area contributed by atoms with Crippen molar-refractivity contribution in [2.75, 3.05) is 6.61 Å². The summed E-state index contributed by atoms with van der Waals surface area (Å²) in [5.74, 6) is -2.40. The molecule has 0 unspecified atom stereocenters. The zero-order chi connectivity index (χ0) is 9.42. The Morgan fingerprint density at radius 2 is 2.08 bits per heavy atom. The lowest BCUT2D eigenvalue weighted by Gasteiger charge is -2.16. The number of benzene rings is 1. The molecule has 1 aliphatic heterocycles. The fourth-order valence-electron chi connectivity index (χ4n) is 1.29. The Kier molecular flexibility index (Phi) is 1.76. The number of ketones is 1. The quantitative estimate of drug-likeness (QED) is 0.615. The Hall–Kier alpha value is -1.45. The molecule has 0 saturated heterocycles. The fraction of sp³-hybridized carbons (Fsp3) is 0.222. The van der Waals surface area contributed by atoms with Crippen LogP contribution in [0.5, 0.6) is 5.75 Å². The summed E-state index contributed by atoms with van der Waals surface area (Å²) in [7, 11) is 0. The molecule has 4 heteroatoms. The Morgan fingerprint density at radius 3 is 2.85 bits per heavy atom. The van der Waals surface area contributed by atoms with E-state index in [0.717, 1.165) is 6.07 Å². The first-order chi connectivity index (χ1) is 6.20. The van der Waals surface area contributed by atoms with Crippen LogP contribution in [-0.4, -0.2) is 12.4 Å². The molecule has 1 aliphatic rings. The maximum Gasteiger partial charge on any atom is 0.173 e. The first-order valence-corrected chi connectivity index (χ1v) is 3.84. The molecule has 0 radical (unpaired) electrons. The van der Waals surface area contributed by atoms with E-state index in [4.69, 9.17) is 4.74 Å². The molecule has 2 rings (SSSR count). The van der Waals surface area contributed by atoms with Crippen molar-refractivity contribution in [1.82, 2.24) is 0 Å². The van der Waals surface area contributed by atoms with E-state index < -0.39 is 17.4 Å². The second-order valence-electron chi connectivity index (χ2n) is 2.76. The highest BCUT2D eigenvalue weighted by Crippen LogP contribution is 2.28. The smallest absolute Gasteiger partial charge is 0.173 e. The SMILES string of the molecule is O=C1CCOc2ccc(F)c(F)c21. The maximum absolute atomic E-state index is 13.1. The molecule has 0 spiro atoms. The summed E-state index contributed by atoms with van der Waals surface area (Å²) >= 11 is 0. The second-order valence-corrected chi connectivity index (χ2v) is 2.76. The minimum absolute atomic E-state index is 0.105. The van der Waals surface area contributed by atoms with Crippen LogP contribution in [0.2, 0.25) is 0 Å². The number of ether oxygens (including phenoxy) is 1. The van der Waals surface area contributed by atoms with Crippen LogP contribution in [0.4, 0.5) is 8.78 Å². The van der Waals surface area contributed by atoms with Gasteiger partial charge in [0.25, 0.3) is 0 Å². The number of fused-ring (bicyclic) bond motifs is 1. The van der Waals surface area contributed by atoms with Gasteiger partial charge >= 0.3 is 0 Å². The van der Waals surface area contributed by atoms with E-state index in [1.807, 2.05) is 0 Å². The normalized spacial score (nSPS) is 15.1. The molecule has 0 aliphatic carbocycles. The molecule has 0 atom stereocenters. The van der Waals surface area contributed by atoms with Crippen LogP contribution in [0.15, 0.2) is 12.1 Å². The molecule has 0 aromatic heterocycles. The summed E-state index contributed by atoms with van der Waals surface area (Å²) in [5, 5.41) is 0. The predicted molar refractivity (Wildman–Crippen MR) is 40.8 cm³/mol. The minimum atomic E-state index is -1.11. The van der Waals surface area contributed by atoms with Gasteiger partial charge in [0.05, 0.1) is 12.2 Å². The monoisotopic (exact) mass is 184 g/mol. The number of hydrogen-bond acceptors (Lipinski definition) is 2. The summed E-state index contributed by atoms with van der Waals surface area (Å²) in [5.41, 5.74) is -0.258. The van der Waals surface area contributed by atoms with Crippen molar-refractivity contribution in [3.05, 3.63) is 29.3 Å². The molecule has 0 N–H and O–H groups in total. The van der Waals surface area contributed by atoms with Crippen LogP contribution in [0, 0.1) is 11.6 Å². The Labute approximate surface area is 73.1 Å². The number of rotatable bonds is 0. The van der Waals surface area contributed by atoms with Gasteiger partial charge in [0.15, 0.2) is 17.4 Å². The van der Waals surface area contributed by atoms with Crippen LogP contribution in [0.3, 0.4) is 0 Å². The number of hydrogen-bond donors (Lipinski definition) is 0. The van der Waals surface area contributed by atoms with Gasteiger partial charge < -0.3 is 4.74 Å². The third-order valence-electron chi connectivity index (χ3n) is 1.92. The van der Waals surface area contributed by atoms with Crippen molar-refractivity contribution >= 4 is 5.78 Å². The molecule has 1 aromatic carbocycles. The largest absolute Gasteiger partial charge is 0.492 e. The van der Waals surface area contributed by atoms with Crippen LogP contribution in [0.25, 0.3) is 0 Å². The van der Waals surface area contributed by atoms with Gasteiger partial charge in [0.1, 0.15) is 5.75 Å². The molecular formula is C9H6F2O2. The van der Waals surface area contributed by atoms with Gasteiger partial charge in [-0.15, -0.1) is 0 Å². The first kappa shape index (κ1) is 8.16. The third kappa shape index (κ3) is 1.18. The van der Waals surface area contributed by atoms with Crippen molar-refractivity contribution in [1.29, 1.82) is 0 Å². The molecule has 0 bridgehead atoms. The van der Waals surface area contributed by atoms with Crippen molar-refractivity contribution < 1.29 is 18.3 Å². The van der Waals surface area contributed by atoms with E-state index in [0.29, 0.717) is 0 Å². The molecule has 1 heterocycles. The van der Waals surface area contributed by atoms with Crippen LogP contribution >= 0.6 is 0 Å².